The van der Waals surface area contributed by atoms with Crippen LogP contribution >= 0.6 is 0 Å². The maximum absolute atomic E-state index is 12.0. The number of Topliss-reactive ketones (excluding diaryl/α,β-unsaturated/α-hetero) is 1. The molecule has 0 spiro atoms. The molecule has 4 aliphatic carbocycles. The van der Waals surface area contributed by atoms with Crippen molar-refractivity contribution >= 4 is 11.7 Å². The van der Waals surface area contributed by atoms with Crippen molar-refractivity contribution in [3.63, 3.8) is 0 Å². The largest absolute Gasteiger partial charge is 0.332 e. The lowest BCUT2D eigenvalue weighted by Crippen LogP contribution is -2.56. The number of hydrogen-bond acceptors (Lipinski definition) is 2. The summed E-state index contributed by atoms with van der Waals surface area (Å²) in [5.41, 5.74) is 0.342. The predicted octanol–water partition coefficient (Wildman–Crippen LogP) is 2.39. The van der Waals surface area contributed by atoms with Gasteiger partial charge in [0.25, 0.3) is 0 Å². The van der Waals surface area contributed by atoms with Crippen molar-refractivity contribution in [2.45, 2.75) is 57.9 Å². The maximum atomic E-state index is 12.0. The molecule has 4 saturated carbocycles. The quantitative estimate of drug-likeness (QED) is 0.716. The first-order chi connectivity index (χ1) is 9.06. The number of amides is 1. The zero-order valence-corrected chi connectivity index (χ0v) is 11.7. The van der Waals surface area contributed by atoms with Gasteiger partial charge in [0.1, 0.15) is 0 Å². The first-order valence-corrected chi connectivity index (χ1v) is 7.87. The van der Waals surface area contributed by atoms with Gasteiger partial charge in [-0.3, -0.25) is 9.59 Å². The first kappa shape index (κ1) is 11.9. The highest BCUT2D eigenvalue weighted by Gasteiger charge is 2.55. The number of hydrogen-bond donors (Lipinski definition) is 0. The lowest BCUT2D eigenvalue weighted by Gasteiger charge is -2.60. The molecule has 1 unspecified atom stereocenters. The van der Waals surface area contributed by atoms with Crippen LogP contribution in [0.2, 0.25) is 0 Å². The Kier molecular flexibility index (Phi) is 2.40. The third-order valence-electron chi connectivity index (χ3n) is 6.45. The second-order valence-corrected chi connectivity index (χ2v) is 7.69. The Morgan fingerprint density at radius 3 is 2.00 bits per heavy atom. The molecule has 1 saturated heterocycles. The van der Waals surface area contributed by atoms with Crippen molar-refractivity contribution < 1.29 is 9.59 Å². The molecule has 0 aromatic heterocycles. The molecule has 19 heavy (non-hydrogen) atoms. The highest BCUT2D eigenvalue weighted by atomic mass is 16.2. The van der Waals surface area contributed by atoms with E-state index in [9.17, 15) is 9.59 Å². The summed E-state index contributed by atoms with van der Waals surface area (Å²) in [5.74, 6) is 2.90. The van der Waals surface area contributed by atoms with Gasteiger partial charge in [0, 0.05) is 6.04 Å². The minimum absolute atomic E-state index is 0.0771. The standard InChI is InChI=1S/C16H23NO2/c1-10(17-9-14(18)5-15(17)19)16-6-11-2-12(7-16)4-13(3-11)8-16/h10-13H,2-9H2,1H3. The Morgan fingerprint density at radius 2 is 1.58 bits per heavy atom. The van der Waals surface area contributed by atoms with Gasteiger partial charge in [-0.2, -0.15) is 0 Å². The highest BCUT2D eigenvalue weighted by Crippen LogP contribution is 2.62. The van der Waals surface area contributed by atoms with Crippen LogP contribution in [0.4, 0.5) is 0 Å². The molecule has 5 fully saturated rings. The van der Waals surface area contributed by atoms with Gasteiger partial charge in [0.05, 0.1) is 13.0 Å². The fourth-order valence-electron chi connectivity index (χ4n) is 5.98. The first-order valence-electron chi connectivity index (χ1n) is 7.87. The van der Waals surface area contributed by atoms with E-state index in [1.807, 2.05) is 4.90 Å². The van der Waals surface area contributed by atoms with E-state index >= 15 is 0 Å². The zero-order chi connectivity index (χ0) is 13.2. The minimum Gasteiger partial charge on any atom is -0.332 e. The number of rotatable bonds is 2. The lowest BCUT2D eigenvalue weighted by atomic mass is 9.47. The molecule has 5 aliphatic rings. The van der Waals surface area contributed by atoms with Crippen molar-refractivity contribution in [1.29, 1.82) is 0 Å². The van der Waals surface area contributed by atoms with E-state index < -0.39 is 0 Å². The van der Waals surface area contributed by atoms with Crippen molar-refractivity contribution in [3.8, 4) is 0 Å². The molecular weight excluding hydrogens is 238 g/mol. The Morgan fingerprint density at radius 1 is 1.05 bits per heavy atom. The fourth-order valence-corrected chi connectivity index (χ4v) is 5.98. The number of carbonyl (C=O) groups is 2. The average molecular weight is 261 g/mol. The van der Waals surface area contributed by atoms with Crippen LogP contribution in [0.3, 0.4) is 0 Å². The van der Waals surface area contributed by atoms with Crippen LogP contribution in [0.5, 0.6) is 0 Å². The van der Waals surface area contributed by atoms with Gasteiger partial charge in [-0.1, -0.05) is 0 Å². The van der Waals surface area contributed by atoms with E-state index in [2.05, 4.69) is 6.92 Å². The van der Waals surface area contributed by atoms with Gasteiger partial charge in [-0.05, 0) is 68.6 Å². The van der Waals surface area contributed by atoms with Crippen LogP contribution in [0.1, 0.15) is 51.9 Å². The summed E-state index contributed by atoms with van der Waals surface area (Å²) >= 11 is 0. The SMILES string of the molecule is CC(N1CC(=O)CC1=O)C12CC3CC(CC(C3)C1)C2. The van der Waals surface area contributed by atoms with Gasteiger partial charge in [0.15, 0.2) is 5.78 Å². The van der Waals surface area contributed by atoms with Gasteiger partial charge in [-0.25, -0.2) is 0 Å². The predicted molar refractivity (Wildman–Crippen MR) is 71.4 cm³/mol. The topological polar surface area (TPSA) is 37.4 Å². The molecule has 104 valence electrons. The molecule has 1 heterocycles. The molecule has 4 bridgehead atoms. The minimum atomic E-state index is 0.0771. The van der Waals surface area contributed by atoms with Crippen LogP contribution in [0.25, 0.3) is 0 Å². The molecule has 0 radical (unpaired) electrons. The third-order valence-corrected chi connectivity index (χ3v) is 6.45. The van der Waals surface area contributed by atoms with Gasteiger partial charge in [0.2, 0.25) is 5.91 Å². The van der Waals surface area contributed by atoms with E-state index in [-0.39, 0.29) is 24.2 Å². The number of ketones is 1. The number of nitrogens with zero attached hydrogens (tertiary/aromatic N) is 1. The molecule has 1 amide bonds. The van der Waals surface area contributed by atoms with Gasteiger partial charge < -0.3 is 4.90 Å². The summed E-state index contributed by atoms with van der Waals surface area (Å²) in [7, 11) is 0. The normalized spacial score (nSPS) is 46.2. The summed E-state index contributed by atoms with van der Waals surface area (Å²) < 4.78 is 0. The molecule has 1 atom stereocenters. The van der Waals surface area contributed by atoms with Crippen molar-refractivity contribution in [3.05, 3.63) is 0 Å². The van der Waals surface area contributed by atoms with Gasteiger partial charge in [-0.15, -0.1) is 0 Å². The van der Waals surface area contributed by atoms with Gasteiger partial charge >= 0.3 is 0 Å². The molecule has 0 aromatic carbocycles. The highest BCUT2D eigenvalue weighted by molar-refractivity contribution is 6.05. The van der Waals surface area contributed by atoms with Crippen LogP contribution in [0, 0.1) is 23.2 Å². The number of likely N-dealkylation sites (tertiary alicyclic amines) is 1. The summed E-state index contributed by atoms with van der Waals surface area (Å²) in [6.45, 7) is 2.59. The molecule has 5 rings (SSSR count). The van der Waals surface area contributed by atoms with Crippen LogP contribution in [-0.4, -0.2) is 29.2 Å². The molecule has 3 heteroatoms. The molecular formula is C16H23NO2. The summed E-state index contributed by atoms with van der Waals surface area (Å²) in [6.07, 6.45) is 8.35. The number of carbonyl (C=O) groups excluding carboxylic acids is 2. The Bertz CT molecular complexity index is 407. The van der Waals surface area contributed by atoms with E-state index in [0.29, 0.717) is 12.0 Å². The second kappa shape index (κ2) is 3.83. The van der Waals surface area contributed by atoms with Crippen LogP contribution in [0.15, 0.2) is 0 Å². The summed E-state index contributed by atoms with van der Waals surface area (Å²) in [5, 5.41) is 0. The lowest BCUT2D eigenvalue weighted by molar-refractivity contribution is -0.140. The molecule has 1 aliphatic heterocycles. The average Bonchev–Trinajstić information content (AvgIpc) is 2.65. The molecule has 3 nitrogen and oxygen atoms in total. The van der Waals surface area contributed by atoms with Crippen molar-refractivity contribution in [2.24, 2.45) is 23.2 Å². The Labute approximate surface area is 114 Å². The van der Waals surface area contributed by atoms with E-state index in [4.69, 9.17) is 0 Å². The summed E-state index contributed by atoms with van der Waals surface area (Å²) in [6, 6.07) is 0.278. The zero-order valence-electron chi connectivity index (χ0n) is 11.7. The maximum Gasteiger partial charge on any atom is 0.230 e. The smallest absolute Gasteiger partial charge is 0.230 e. The fraction of sp³-hybridized carbons (Fsp3) is 0.875. The molecule has 0 N–H and O–H groups in total. The Balaban J connectivity index is 1.61. The van der Waals surface area contributed by atoms with Crippen LogP contribution < -0.4 is 0 Å². The second-order valence-electron chi connectivity index (χ2n) is 7.69. The van der Waals surface area contributed by atoms with E-state index in [0.717, 1.165) is 17.8 Å². The van der Waals surface area contributed by atoms with Crippen molar-refractivity contribution in [1.82, 2.24) is 4.90 Å². The monoisotopic (exact) mass is 261 g/mol. The summed E-state index contributed by atoms with van der Waals surface area (Å²) in [4.78, 5) is 25.5. The van der Waals surface area contributed by atoms with Crippen molar-refractivity contribution in [2.75, 3.05) is 6.54 Å². The Hall–Kier alpha value is -0.860. The molecule has 0 aromatic rings. The van der Waals surface area contributed by atoms with E-state index in [1.54, 1.807) is 0 Å². The third kappa shape index (κ3) is 1.70. The van der Waals surface area contributed by atoms with E-state index in [1.165, 1.54) is 38.5 Å². The van der Waals surface area contributed by atoms with Crippen LogP contribution in [-0.2, 0) is 9.59 Å².